The lowest BCUT2D eigenvalue weighted by Gasteiger charge is -2.58. The molecule has 11 aliphatic carbocycles. The Kier molecular flexibility index (Phi) is 30.2. The zero-order chi connectivity index (χ0) is 64.4. The van der Waals surface area contributed by atoms with Gasteiger partial charge in [0.25, 0.3) is 0 Å². The molecule has 0 aromatic heterocycles. The molecule has 11 aliphatic rings. The van der Waals surface area contributed by atoms with Crippen molar-refractivity contribution in [1.29, 1.82) is 0 Å². The fourth-order valence-electron chi connectivity index (χ4n) is 22.5. The van der Waals surface area contributed by atoms with Gasteiger partial charge in [0, 0.05) is 11.8 Å². The Morgan fingerprint density at radius 3 is 1.09 bits per heavy atom. The number of allylic oxidation sites excluding steroid dienone is 10. The lowest BCUT2D eigenvalue weighted by molar-refractivity contribution is -0.115. The number of carbonyl (C=O) groups excluding carboxylic acids is 2. The summed E-state index contributed by atoms with van der Waals surface area (Å²) in [4.78, 5) is 21.9. The Bertz CT molecular complexity index is 2210. The van der Waals surface area contributed by atoms with Crippen LogP contribution in [0.4, 0.5) is 0 Å². The molecule has 87 heavy (non-hydrogen) atoms. The van der Waals surface area contributed by atoms with Crippen LogP contribution in [0.25, 0.3) is 0 Å². The molecule has 4 nitrogen and oxygen atoms in total. The van der Waals surface area contributed by atoms with Crippen molar-refractivity contribution in [3.05, 3.63) is 85.1 Å². The molecule has 11 rings (SSSR count). The third-order valence-corrected chi connectivity index (χ3v) is 27.3. The minimum atomic E-state index is -0.112. The molecule has 0 saturated heterocycles. The molecule has 0 amide bonds. The van der Waals surface area contributed by atoms with E-state index in [1.807, 2.05) is 20.8 Å². The first kappa shape index (κ1) is 75.2. The summed E-state index contributed by atoms with van der Waals surface area (Å²) in [5.41, 5.74) is 4.80. The zero-order valence-corrected chi connectivity index (χ0v) is 59.9. The van der Waals surface area contributed by atoms with Crippen molar-refractivity contribution in [2.45, 2.75) is 290 Å². The highest BCUT2D eigenvalue weighted by molar-refractivity contribution is 5.54. The average Bonchev–Trinajstić information content (AvgIpc) is 1.72. The van der Waals surface area contributed by atoms with Crippen molar-refractivity contribution < 1.29 is 19.8 Å². The Labute approximate surface area is 539 Å². The van der Waals surface area contributed by atoms with E-state index in [1.165, 1.54) is 141 Å². The largest absolute Gasteiger partial charge is 0.393 e. The number of aliphatic hydroxyl groups is 2. The van der Waals surface area contributed by atoms with Gasteiger partial charge in [-0.1, -0.05) is 194 Å². The van der Waals surface area contributed by atoms with E-state index in [9.17, 15) is 19.8 Å². The molecular weight excluding hydrogens is 1060 g/mol. The fraction of sp³-hybridized carbons (Fsp3) is 0.807. The molecule has 0 aliphatic heterocycles. The summed E-state index contributed by atoms with van der Waals surface area (Å²) in [5.74, 6) is 14.7. The smallest absolute Gasteiger partial charge is 0.123 e. The quantitative estimate of drug-likeness (QED) is 0.169. The number of hydrogen-bond donors (Lipinski definition) is 2. The molecular formula is C83H140O4. The van der Waals surface area contributed by atoms with Crippen LogP contribution in [0, 0.1) is 134 Å². The minimum Gasteiger partial charge on any atom is -0.393 e. The average molecular weight is 1200 g/mol. The first-order valence-corrected chi connectivity index (χ1v) is 37.1. The Morgan fingerprint density at radius 1 is 0.437 bits per heavy atom. The van der Waals surface area contributed by atoms with E-state index in [2.05, 4.69) is 159 Å². The van der Waals surface area contributed by atoms with Crippen molar-refractivity contribution in [2.75, 3.05) is 0 Å². The fourth-order valence-corrected chi connectivity index (χ4v) is 22.5. The van der Waals surface area contributed by atoms with E-state index < -0.39 is 0 Å². The first-order chi connectivity index (χ1) is 41.4. The van der Waals surface area contributed by atoms with Crippen molar-refractivity contribution in [1.82, 2.24) is 0 Å². The highest BCUT2D eigenvalue weighted by atomic mass is 16.3. The summed E-state index contributed by atoms with van der Waals surface area (Å²) >= 11 is 0. The summed E-state index contributed by atoms with van der Waals surface area (Å²) in [7, 11) is 0. The van der Waals surface area contributed by atoms with Crippen molar-refractivity contribution in [3.8, 4) is 0 Å². The molecule has 0 radical (unpaired) electrons. The van der Waals surface area contributed by atoms with Gasteiger partial charge in [-0.3, -0.25) is 0 Å². The Hall–Kier alpha value is -2.56. The summed E-state index contributed by atoms with van der Waals surface area (Å²) in [6.45, 7) is 45.5. The molecule has 0 aromatic carbocycles. The SMILES string of the molecule is C/C=C/[C@@H](C)[C@H]1CCC2C3CC=C4C[C@@H](O)CC[C@]4(C)C3CC[C@@]21C.C/C=C/[C@@H](C)[C@H]1CCC[C@H]1C.C/C=C/[C@@H](C)[C@H]1CCC[C@H]1C.C=CC.C=CC.C[C@H](C=O)[C@H]1CCC2C3CC=C4CC(O)CC[C@]4(C)C3CC[C@@]21C.C[C@H](C=O)[C@H]1CCC[C@H]1C. The number of aldehydes is 2. The lowest BCUT2D eigenvalue weighted by atomic mass is 9.47. The van der Waals surface area contributed by atoms with E-state index in [-0.39, 0.29) is 24.0 Å². The van der Waals surface area contributed by atoms with E-state index >= 15 is 0 Å². The lowest BCUT2D eigenvalue weighted by Crippen LogP contribution is -2.50. The zero-order valence-electron chi connectivity index (χ0n) is 59.9. The molecule has 0 bridgehead atoms. The number of rotatable bonds is 10. The van der Waals surface area contributed by atoms with Gasteiger partial charge in [0.05, 0.1) is 12.2 Å². The van der Waals surface area contributed by atoms with E-state index in [1.54, 1.807) is 23.3 Å². The summed E-state index contributed by atoms with van der Waals surface area (Å²) < 4.78 is 0. The molecule has 0 aromatic rings. The van der Waals surface area contributed by atoms with Gasteiger partial charge in [-0.25, -0.2) is 0 Å². The second kappa shape index (κ2) is 34.9. The van der Waals surface area contributed by atoms with Crippen LogP contribution >= 0.6 is 0 Å². The second-order valence-electron chi connectivity index (χ2n) is 32.4. The number of aliphatic hydroxyl groups excluding tert-OH is 2. The Balaban J connectivity index is 0.000000204. The summed E-state index contributed by atoms with van der Waals surface area (Å²) in [5, 5.41) is 20.2. The van der Waals surface area contributed by atoms with Gasteiger partial charge in [-0.15, -0.1) is 13.2 Å². The van der Waals surface area contributed by atoms with Gasteiger partial charge in [0.2, 0.25) is 0 Å². The third kappa shape index (κ3) is 17.8. The maximum Gasteiger partial charge on any atom is 0.123 e. The van der Waals surface area contributed by atoms with Gasteiger partial charge in [0.15, 0.2) is 0 Å². The van der Waals surface area contributed by atoms with Crippen LogP contribution in [-0.4, -0.2) is 35.0 Å². The molecule has 2 N–H and O–H groups in total. The van der Waals surface area contributed by atoms with Gasteiger partial charge in [-0.05, 0) is 279 Å². The molecule has 4 heteroatoms. The van der Waals surface area contributed by atoms with Crippen LogP contribution in [-0.2, 0) is 9.59 Å². The standard InChI is InChI=1S/C24H38O.C22H34O2.2C11H20.C9H16O.2C3H6/c1-5-6-16(2)20-9-10-21-19-8-7-17-15-18(25)11-13-23(17,3)22(19)12-14-24(20,21)4;1-14(13-23)18-6-7-19-17-5-4-15-12-16(24)8-10-21(15,2)20(17)9-11-22(18,19)3;2*1-4-6-9(2)11-8-5-7-10(11)3;1-7-4-3-5-9(7)8(2)6-10;2*1-3-2/h5-7,16,18-22,25H,8-15H2,1-4H3;4,13-14,16-20,24H,5-12H2,1-3H3;2*4,6,9-11H,5,7-8H2,1-3H3;6-9H,3-5H2,1-2H3;2*3H,1H2,2H3/b6-5+;;2*6-4+;;;/t16-,18+,19?,20-,21?,22?,23+,24-;14-,16?,17?,18-,19?,20?,21+,22-;2*9-,10-,11-;7-,8-,9+;;/m11111../s1. The normalized spacial score (nSPS) is 42.1. The topological polar surface area (TPSA) is 74.6 Å². The Morgan fingerprint density at radius 2 is 0.770 bits per heavy atom. The van der Waals surface area contributed by atoms with Gasteiger partial charge in [-0.2, -0.15) is 0 Å². The molecule has 25 atom stereocenters. The predicted molar refractivity (Wildman–Crippen MR) is 376 cm³/mol. The number of carbonyl (C=O) groups is 2. The van der Waals surface area contributed by atoms with E-state index in [0.717, 1.165) is 121 Å². The maximum atomic E-state index is 11.4. The van der Waals surface area contributed by atoms with Crippen molar-refractivity contribution in [3.63, 3.8) is 0 Å². The van der Waals surface area contributed by atoms with Crippen LogP contribution in [0.3, 0.4) is 0 Å². The highest BCUT2D eigenvalue weighted by Crippen LogP contribution is 2.69. The maximum absolute atomic E-state index is 11.4. The third-order valence-electron chi connectivity index (χ3n) is 27.3. The van der Waals surface area contributed by atoms with Gasteiger partial charge >= 0.3 is 0 Å². The molecule has 0 spiro atoms. The highest BCUT2D eigenvalue weighted by Gasteiger charge is 2.61. The van der Waals surface area contributed by atoms with Crippen LogP contribution in [0.1, 0.15) is 278 Å². The number of hydrogen-bond acceptors (Lipinski definition) is 4. The van der Waals surface area contributed by atoms with Crippen LogP contribution in [0.2, 0.25) is 0 Å². The van der Waals surface area contributed by atoms with E-state index in [4.69, 9.17) is 0 Å². The molecule has 9 fully saturated rings. The van der Waals surface area contributed by atoms with Crippen molar-refractivity contribution in [2.24, 2.45) is 134 Å². The number of fused-ring (bicyclic) bond motifs is 10. The molecule has 496 valence electrons. The first-order valence-electron chi connectivity index (χ1n) is 37.1. The van der Waals surface area contributed by atoms with Gasteiger partial charge in [0.1, 0.15) is 12.6 Å². The molecule has 9 saturated carbocycles. The van der Waals surface area contributed by atoms with Crippen LogP contribution in [0.15, 0.2) is 85.1 Å². The van der Waals surface area contributed by atoms with E-state index in [0.29, 0.717) is 33.5 Å². The van der Waals surface area contributed by atoms with Crippen molar-refractivity contribution >= 4 is 12.6 Å². The summed E-state index contributed by atoms with van der Waals surface area (Å²) in [6, 6.07) is 0. The molecule has 7 unspecified atom stereocenters. The predicted octanol–water partition coefficient (Wildman–Crippen LogP) is 22.8. The molecule has 0 heterocycles. The monoisotopic (exact) mass is 1200 g/mol. The van der Waals surface area contributed by atoms with Crippen LogP contribution < -0.4 is 0 Å². The minimum absolute atomic E-state index is 0.0812. The second-order valence-corrected chi connectivity index (χ2v) is 32.4. The summed E-state index contributed by atoms with van der Waals surface area (Å²) in [6.07, 6.45) is 56.7. The van der Waals surface area contributed by atoms with Gasteiger partial charge < -0.3 is 19.8 Å². The van der Waals surface area contributed by atoms with Crippen LogP contribution in [0.5, 0.6) is 0 Å².